The lowest BCUT2D eigenvalue weighted by atomic mass is 10.1. The van der Waals surface area contributed by atoms with Crippen LogP contribution in [0.3, 0.4) is 0 Å². The predicted molar refractivity (Wildman–Crippen MR) is 80.8 cm³/mol. The molecule has 6 heteroatoms. The summed E-state index contributed by atoms with van der Waals surface area (Å²) in [5, 5.41) is 12.8. The summed E-state index contributed by atoms with van der Waals surface area (Å²) in [5.74, 6) is 1.03. The van der Waals surface area contributed by atoms with E-state index in [1.165, 1.54) is 0 Å². The van der Waals surface area contributed by atoms with Gasteiger partial charge in [0.05, 0.1) is 16.8 Å². The standard InChI is InChI=1S/C15H15N5O/c1-9-7-13(20(2)19-9)21-14-10-5-3-4-6-12(10)18-8-11(14)15(16)17/h3-8H,1-2H3,(H3,16,17). The number of aromatic nitrogens is 3. The van der Waals surface area contributed by atoms with Gasteiger partial charge in [-0.3, -0.25) is 10.4 Å². The molecule has 3 aromatic rings. The van der Waals surface area contributed by atoms with Crippen LogP contribution in [0.15, 0.2) is 36.5 Å². The summed E-state index contributed by atoms with van der Waals surface area (Å²) in [7, 11) is 1.80. The Balaban J connectivity index is 2.21. The number of fused-ring (bicyclic) bond motifs is 1. The number of nitrogens with two attached hydrogens (primary N) is 1. The van der Waals surface area contributed by atoms with Crippen molar-refractivity contribution in [3.63, 3.8) is 0 Å². The summed E-state index contributed by atoms with van der Waals surface area (Å²) in [4.78, 5) is 4.31. The molecule has 106 valence electrons. The summed E-state index contributed by atoms with van der Waals surface area (Å²) < 4.78 is 7.62. The number of aryl methyl sites for hydroxylation is 2. The Morgan fingerprint density at radius 1 is 1.33 bits per heavy atom. The van der Waals surface area contributed by atoms with Crippen LogP contribution in [0.2, 0.25) is 0 Å². The number of nitrogens with zero attached hydrogens (tertiary/aromatic N) is 3. The minimum Gasteiger partial charge on any atom is -0.438 e. The number of rotatable bonds is 3. The molecule has 0 aliphatic rings. The van der Waals surface area contributed by atoms with E-state index in [4.69, 9.17) is 15.9 Å². The maximum atomic E-state index is 7.71. The summed E-state index contributed by atoms with van der Waals surface area (Å²) in [6, 6.07) is 9.42. The maximum Gasteiger partial charge on any atom is 0.217 e. The van der Waals surface area contributed by atoms with Crippen LogP contribution in [0.5, 0.6) is 11.6 Å². The topological polar surface area (TPSA) is 89.8 Å². The average Bonchev–Trinajstić information content (AvgIpc) is 2.77. The molecule has 3 rings (SSSR count). The van der Waals surface area contributed by atoms with Gasteiger partial charge in [-0.2, -0.15) is 5.10 Å². The van der Waals surface area contributed by atoms with E-state index in [1.54, 1.807) is 17.9 Å². The number of benzene rings is 1. The molecule has 0 saturated carbocycles. The molecule has 0 radical (unpaired) electrons. The van der Waals surface area contributed by atoms with E-state index >= 15 is 0 Å². The Labute approximate surface area is 121 Å². The van der Waals surface area contributed by atoms with Crippen molar-refractivity contribution in [3.8, 4) is 11.6 Å². The molecule has 0 bridgehead atoms. The molecule has 21 heavy (non-hydrogen) atoms. The van der Waals surface area contributed by atoms with Crippen molar-refractivity contribution in [2.45, 2.75) is 6.92 Å². The van der Waals surface area contributed by atoms with E-state index in [1.807, 2.05) is 37.3 Å². The van der Waals surface area contributed by atoms with Gasteiger partial charge in [0.25, 0.3) is 0 Å². The van der Waals surface area contributed by atoms with E-state index in [-0.39, 0.29) is 5.84 Å². The zero-order valence-corrected chi connectivity index (χ0v) is 11.8. The van der Waals surface area contributed by atoms with Crippen LogP contribution in [-0.4, -0.2) is 20.6 Å². The van der Waals surface area contributed by atoms with Crippen molar-refractivity contribution in [3.05, 3.63) is 47.8 Å². The number of hydrogen-bond donors (Lipinski definition) is 2. The first kappa shape index (κ1) is 13.1. The highest BCUT2D eigenvalue weighted by molar-refractivity contribution is 6.03. The molecule has 0 aliphatic carbocycles. The van der Waals surface area contributed by atoms with Gasteiger partial charge in [-0.25, -0.2) is 4.68 Å². The van der Waals surface area contributed by atoms with Gasteiger partial charge in [0.15, 0.2) is 5.75 Å². The Morgan fingerprint density at radius 2 is 2.10 bits per heavy atom. The molecule has 0 atom stereocenters. The zero-order valence-electron chi connectivity index (χ0n) is 11.8. The molecule has 2 aromatic heterocycles. The SMILES string of the molecule is Cc1cc(Oc2c(C(=N)N)cnc3ccccc23)n(C)n1. The zero-order chi connectivity index (χ0) is 15.0. The molecule has 3 N–H and O–H groups in total. The quantitative estimate of drug-likeness (QED) is 0.569. The molecule has 0 saturated heterocycles. The van der Waals surface area contributed by atoms with Gasteiger partial charge in [0.1, 0.15) is 5.84 Å². The molecule has 0 amide bonds. The van der Waals surface area contributed by atoms with Crippen LogP contribution in [0.4, 0.5) is 0 Å². The Hall–Kier alpha value is -2.89. The fraction of sp³-hybridized carbons (Fsp3) is 0.133. The molecule has 0 unspecified atom stereocenters. The number of amidine groups is 1. The number of nitrogen functional groups attached to an aromatic ring is 1. The summed E-state index contributed by atoms with van der Waals surface area (Å²) >= 11 is 0. The highest BCUT2D eigenvalue weighted by Gasteiger charge is 2.15. The molecular formula is C15H15N5O. The van der Waals surface area contributed by atoms with Crippen molar-refractivity contribution in [2.75, 3.05) is 0 Å². The van der Waals surface area contributed by atoms with Gasteiger partial charge in [-0.05, 0) is 19.1 Å². The Bertz CT molecular complexity index is 837. The second-order valence-corrected chi connectivity index (χ2v) is 4.78. The molecule has 2 heterocycles. The minimum atomic E-state index is -0.0813. The number of ether oxygens (including phenoxy) is 1. The van der Waals surface area contributed by atoms with E-state index < -0.39 is 0 Å². The number of pyridine rings is 1. The van der Waals surface area contributed by atoms with Crippen LogP contribution < -0.4 is 10.5 Å². The first-order valence-corrected chi connectivity index (χ1v) is 6.47. The first-order valence-electron chi connectivity index (χ1n) is 6.47. The normalized spacial score (nSPS) is 10.8. The van der Waals surface area contributed by atoms with Gasteiger partial charge in [-0.1, -0.05) is 12.1 Å². The van der Waals surface area contributed by atoms with Crippen LogP contribution in [0.25, 0.3) is 10.9 Å². The monoisotopic (exact) mass is 281 g/mol. The number of nitrogens with one attached hydrogen (secondary N) is 1. The lowest BCUT2D eigenvalue weighted by Gasteiger charge is -2.12. The third-order valence-electron chi connectivity index (χ3n) is 3.18. The minimum absolute atomic E-state index is 0.0813. The summed E-state index contributed by atoms with van der Waals surface area (Å²) in [6.45, 7) is 1.89. The van der Waals surface area contributed by atoms with Gasteiger partial charge in [-0.15, -0.1) is 0 Å². The predicted octanol–water partition coefficient (Wildman–Crippen LogP) is 2.35. The lowest BCUT2D eigenvalue weighted by Crippen LogP contribution is -2.13. The van der Waals surface area contributed by atoms with E-state index in [0.717, 1.165) is 16.6 Å². The second kappa shape index (κ2) is 4.90. The Kier molecular flexibility index (Phi) is 3.06. The molecule has 1 aromatic carbocycles. The molecule has 6 nitrogen and oxygen atoms in total. The third-order valence-corrected chi connectivity index (χ3v) is 3.18. The Morgan fingerprint density at radius 3 is 2.76 bits per heavy atom. The molecule has 0 fully saturated rings. The summed E-state index contributed by atoms with van der Waals surface area (Å²) in [5.41, 5.74) is 7.75. The highest BCUT2D eigenvalue weighted by Crippen LogP contribution is 2.32. The largest absolute Gasteiger partial charge is 0.438 e. The van der Waals surface area contributed by atoms with E-state index in [9.17, 15) is 0 Å². The van der Waals surface area contributed by atoms with Crippen molar-refractivity contribution in [1.29, 1.82) is 5.41 Å². The van der Waals surface area contributed by atoms with Gasteiger partial charge in [0.2, 0.25) is 5.88 Å². The van der Waals surface area contributed by atoms with Gasteiger partial charge < -0.3 is 10.5 Å². The average molecular weight is 281 g/mol. The molecular weight excluding hydrogens is 266 g/mol. The fourth-order valence-electron chi connectivity index (χ4n) is 2.20. The van der Waals surface area contributed by atoms with Crippen molar-refractivity contribution < 1.29 is 4.74 Å². The van der Waals surface area contributed by atoms with Crippen LogP contribution in [0.1, 0.15) is 11.3 Å². The van der Waals surface area contributed by atoms with Crippen LogP contribution in [0, 0.1) is 12.3 Å². The second-order valence-electron chi connectivity index (χ2n) is 4.78. The van der Waals surface area contributed by atoms with Gasteiger partial charge in [0, 0.05) is 24.7 Å². The fourth-order valence-corrected chi connectivity index (χ4v) is 2.20. The van der Waals surface area contributed by atoms with Crippen molar-refractivity contribution in [1.82, 2.24) is 14.8 Å². The molecule has 0 spiro atoms. The third kappa shape index (κ3) is 2.31. The van der Waals surface area contributed by atoms with Crippen molar-refractivity contribution in [2.24, 2.45) is 12.8 Å². The van der Waals surface area contributed by atoms with Crippen molar-refractivity contribution >= 4 is 16.7 Å². The molecule has 0 aliphatic heterocycles. The van der Waals surface area contributed by atoms with Gasteiger partial charge >= 0.3 is 0 Å². The number of para-hydroxylation sites is 1. The smallest absolute Gasteiger partial charge is 0.217 e. The maximum absolute atomic E-state index is 7.71. The van der Waals surface area contributed by atoms with Crippen LogP contribution >= 0.6 is 0 Å². The first-order chi connectivity index (χ1) is 10.1. The lowest BCUT2D eigenvalue weighted by molar-refractivity contribution is 0.434. The number of hydrogen-bond acceptors (Lipinski definition) is 4. The van der Waals surface area contributed by atoms with E-state index in [0.29, 0.717) is 17.2 Å². The highest BCUT2D eigenvalue weighted by atomic mass is 16.5. The summed E-state index contributed by atoms with van der Waals surface area (Å²) in [6.07, 6.45) is 1.56. The van der Waals surface area contributed by atoms with Crippen LogP contribution in [-0.2, 0) is 7.05 Å². The van der Waals surface area contributed by atoms with E-state index in [2.05, 4.69) is 10.1 Å².